The van der Waals surface area contributed by atoms with E-state index in [0.29, 0.717) is 0 Å². The fourth-order valence-electron chi connectivity index (χ4n) is 4.76. The van der Waals surface area contributed by atoms with Crippen molar-refractivity contribution in [1.29, 1.82) is 0 Å². The molecule has 5 rings (SSSR count). The Hall–Kier alpha value is -3.39. The van der Waals surface area contributed by atoms with E-state index in [1.165, 1.54) is 21.9 Å². The summed E-state index contributed by atoms with van der Waals surface area (Å²) in [6.45, 7) is 13.6. The van der Waals surface area contributed by atoms with E-state index in [0.717, 1.165) is 40.0 Å². The summed E-state index contributed by atoms with van der Waals surface area (Å²) in [6, 6.07) is 26.0. The van der Waals surface area contributed by atoms with Gasteiger partial charge in [-0.05, 0) is 75.5 Å². The molecule has 2 nitrogen and oxygen atoms in total. The Balaban J connectivity index is 1.57. The van der Waals surface area contributed by atoms with Crippen molar-refractivity contribution in [1.82, 2.24) is 4.98 Å². The molecule has 0 spiro atoms. The van der Waals surface area contributed by atoms with E-state index in [2.05, 4.69) is 108 Å². The summed E-state index contributed by atoms with van der Waals surface area (Å²) >= 11 is 0. The summed E-state index contributed by atoms with van der Waals surface area (Å²) in [5.41, 5.74) is 7.01. The van der Waals surface area contributed by atoms with Gasteiger partial charge in [-0.2, -0.15) is 0 Å². The van der Waals surface area contributed by atoms with Crippen LogP contribution in [0, 0.1) is 5.41 Å². The van der Waals surface area contributed by atoms with Crippen molar-refractivity contribution in [2.75, 3.05) is 0 Å². The topological polar surface area (TPSA) is 26.0 Å². The monoisotopic (exact) mass is 447 g/mol. The zero-order valence-electron chi connectivity index (χ0n) is 21.1. The van der Waals surface area contributed by atoms with Crippen LogP contribution in [0.25, 0.3) is 44.3 Å². The number of pyridine rings is 1. The molecule has 0 bridgehead atoms. The Bertz CT molecular complexity index is 1490. The lowest BCUT2D eigenvalue weighted by atomic mass is 9.82. The van der Waals surface area contributed by atoms with Crippen molar-refractivity contribution in [3.63, 3.8) is 0 Å². The molecule has 0 unspecified atom stereocenters. The minimum Gasteiger partial charge on any atom is -0.456 e. The summed E-state index contributed by atoms with van der Waals surface area (Å²) in [6.07, 6.45) is 2.91. The smallest absolute Gasteiger partial charge is 0.135 e. The molecule has 172 valence electrons. The van der Waals surface area contributed by atoms with Gasteiger partial charge in [0.15, 0.2) is 0 Å². The number of aromatic nitrogens is 1. The Morgan fingerprint density at radius 2 is 1.53 bits per heavy atom. The number of fused-ring (bicyclic) bond motifs is 2. The van der Waals surface area contributed by atoms with Crippen molar-refractivity contribution >= 4 is 21.7 Å². The molecule has 3 aromatic carbocycles. The summed E-state index contributed by atoms with van der Waals surface area (Å²) in [5.74, 6) is 0.878. The van der Waals surface area contributed by atoms with Gasteiger partial charge in [-0.15, -0.1) is 0 Å². The van der Waals surface area contributed by atoms with Crippen molar-refractivity contribution in [3.05, 3.63) is 90.1 Å². The van der Waals surface area contributed by atoms with E-state index in [4.69, 9.17) is 9.40 Å². The molecule has 5 aromatic rings. The fraction of sp³-hybridized carbons (Fsp3) is 0.281. The molecule has 0 amide bonds. The van der Waals surface area contributed by atoms with Gasteiger partial charge in [0.05, 0.1) is 5.69 Å². The highest BCUT2D eigenvalue weighted by Gasteiger charge is 2.19. The molecule has 2 heterocycles. The Kier molecular flexibility index (Phi) is 5.36. The molecule has 0 saturated carbocycles. The molecule has 0 fully saturated rings. The summed E-state index contributed by atoms with van der Waals surface area (Å²) in [7, 11) is 0. The number of hydrogen-bond donors (Lipinski definition) is 0. The molecule has 0 saturated heterocycles. The van der Waals surface area contributed by atoms with E-state index in [-0.39, 0.29) is 10.8 Å². The van der Waals surface area contributed by atoms with E-state index in [1.807, 2.05) is 12.3 Å². The van der Waals surface area contributed by atoms with Crippen LogP contribution in [0.1, 0.15) is 52.7 Å². The maximum absolute atomic E-state index is 6.32. The summed E-state index contributed by atoms with van der Waals surface area (Å²) in [5, 5.41) is 3.68. The first-order valence-corrected chi connectivity index (χ1v) is 12.1. The first kappa shape index (κ1) is 22.4. The zero-order valence-corrected chi connectivity index (χ0v) is 21.1. The minimum atomic E-state index is 0.0384. The number of furan rings is 1. The first-order chi connectivity index (χ1) is 16.1. The van der Waals surface area contributed by atoms with Crippen LogP contribution < -0.4 is 0 Å². The van der Waals surface area contributed by atoms with Gasteiger partial charge in [0, 0.05) is 22.7 Å². The second-order valence-corrected chi connectivity index (χ2v) is 11.6. The van der Waals surface area contributed by atoms with Gasteiger partial charge in [0.1, 0.15) is 11.3 Å². The molecule has 0 aliphatic carbocycles. The van der Waals surface area contributed by atoms with Gasteiger partial charge in [-0.1, -0.05) is 77.9 Å². The number of hydrogen-bond acceptors (Lipinski definition) is 2. The van der Waals surface area contributed by atoms with Crippen LogP contribution in [0.5, 0.6) is 0 Å². The standard InChI is InChI=1S/C32H33NO/c1-31(2,3)20-21-11-12-23-19-30(34-29(23)15-21)24-13-14-33-28(18-24)25-16-22-9-7-8-10-26(22)27(17-25)32(4,5)6/h7-19H,20H2,1-6H3. The number of nitrogens with zero attached hydrogens (tertiary/aromatic N) is 1. The van der Waals surface area contributed by atoms with Gasteiger partial charge < -0.3 is 4.42 Å². The Labute approximate surface area is 202 Å². The summed E-state index contributed by atoms with van der Waals surface area (Å²) < 4.78 is 6.32. The lowest BCUT2D eigenvalue weighted by molar-refractivity contribution is 0.411. The third-order valence-corrected chi connectivity index (χ3v) is 6.33. The van der Waals surface area contributed by atoms with E-state index >= 15 is 0 Å². The number of benzene rings is 3. The second-order valence-electron chi connectivity index (χ2n) is 11.6. The van der Waals surface area contributed by atoms with E-state index in [1.54, 1.807) is 0 Å². The third-order valence-electron chi connectivity index (χ3n) is 6.33. The highest BCUT2D eigenvalue weighted by atomic mass is 16.3. The van der Waals surface area contributed by atoms with Gasteiger partial charge in [0.2, 0.25) is 0 Å². The highest BCUT2D eigenvalue weighted by molar-refractivity contribution is 5.91. The maximum Gasteiger partial charge on any atom is 0.135 e. The van der Waals surface area contributed by atoms with Crippen molar-refractivity contribution in [2.24, 2.45) is 5.41 Å². The largest absolute Gasteiger partial charge is 0.456 e. The third kappa shape index (κ3) is 4.50. The van der Waals surface area contributed by atoms with E-state index < -0.39 is 0 Å². The van der Waals surface area contributed by atoms with Crippen LogP contribution in [-0.4, -0.2) is 4.98 Å². The molecule has 0 radical (unpaired) electrons. The van der Waals surface area contributed by atoms with Crippen LogP contribution >= 0.6 is 0 Å². The van der Waals surface area contributed by atoms with E-state index in [9.17, 15) is 0 Å². The average molecular weight is 448 g/mol. The van der Waals surface area contributed by atoms with Crippen molar-refractivity contribution < 1.29 is 4.42 Å². The second kappa shape index (κ2) is 8.13. The van der Waals surface area contributed by atoms with Crippen LogP contribution in [0.4, 0.5) is 0 Å². The molecule has 0 atom stereocenters. The molecule has 2 aromatic heterocycles. The van der Waals surface area contributed by atoms with Crippen LogP contribution in [0.3, 0.4) is 0 Å². The lowest BCUT2D eigenvalue weighted by Gasteiger charge is -2.22. The van der Waals surface area contributed by atoms with Crippen molar-refractivity contribution in [3.8, 4) is 22.6 Å². The van der Waals surface area contributed by atoms with Crippen molar-refractivity contribution in [2.45, 2.75) is 53.4 Å². The minimum absolute atomic E-state index is 0.0384. The molecule has 0 aliphatic rings. The molecule has 2 heteroatoms. The highest BCUT2D eigenvalue weighted by Crippen LogP contribution is 2.36. The van der Waals surface area contributed by atoms with Crippen LogP contribution in [0.2, 0.25) is 0 Å². The SMILES string of the molecule is CC(C)(C)Cc1ccc2cc(-c3ccnc(-c4cc(C(C)(C)C)c5ccccc5c4)c3)oc2c1. The average Bonchev–Trinajstić information content (AvgIpc) is 3.20. The van der Waals surface area contributed by atoms with Crippen LogP contribution in [0.15, 0.2) is 83.4 Å². The normalized spacial score (nSPS) is 12.5. The van der Waals surface area contributed by atoms with Gasteiger partial charge in [-0.3, -0.25) is 4.98 Å². The Morgan fingerprint density at radius 3 is 2.29 bits per heavy atom. The maximum atomic E-state index is 6.32. The van der Waals surface area contributed by atoms with Gasteiger partial charge in [-0.25, -0.2) is 0 Å². The van der Waals surface area contributed by atoms with Crippen LogP contribution in [-0.2, 0) is 11.8 Å². The molecular formula is C32H33NO. The predicted molar refractivity (Wildman–Crippen MR) is 144 cm³/mol. The predicted octanol–water partition coefficient (Wildman–Crippen LogP) is 9.20. The molecule has 34 heavy (non-hydrogen) atoms. The molecular weight excluding hydrogens is 414 g/mol. The zero-order chi connectivity index (χ0) is 24.1. The quantitative estimate of drug-likeness (QED) is 0.275. The Morgan fingerprint density at radius 1 is 0.735 bits per heavy atom. The first-order valence-electron chi connectivity index (χ1n) is 12.1. The number of rotatable bonds is 3. The lowest BCUT2D eigenvalue weighted by Crippen LogP contribution is -2.12. The molecule has 0 N–H and O–H groups in total. The molecule has 0 aliphatic heterocycles. The van der Waals surface area contributed by atoms with Gasteiger partial charge >= 0.3 is 0 Å². The summed E-state index contributed by atoms with van der Waals surface area (Å²) in [4.78, 5) is 4.73. The fourth-order valence-corrected chi connectivity index (χ4v) is 4.76. The van der Waals surface area contributed by atoms with Gasteiger partial charge in [0.25, 0.3) is 0 Å².